The van der Waals surface area contributed by atoms with E-state index >= 15 is 0 Å². The minimum absolute atomic E-state index is 0.0146. The van der Waals surface area contributed by atoms with Gasteiger partial charge in [0.15, 0.2) is 0 Å². The summed E-state index contributed by atoms with van der Waals surface area (Å²) >= 11 is 12.2. The lowest BCUT2D eigenvalue weighted by Gasteiger charge is -2.12. The van der Waals surface area contributed by atoms with Crippen molar-refractivity contribution in [1.82, 2.24) is 19.8 Å². The van der Waals surface area contributed by atoms with Gasteiger partial charge in [-0.15, -0.1) is 0 Å². The monoisotopic (exact) mass is 444 g/mol. The highest BCUT2D eigenvalue weighted by Gasteiger charge is 2.30. The standard InChI is InChI=1S/C18H22Cl2N4O3S/c1-11-8-12(2)24(22-11)7-3-6-21-18(25)14-9-17(16(20)10-15(14)19)28(26,27)23-13-4-5-13/h8-10,13,23H,3-7H2,1-2H3,(H,21,25). The predicted molar refractivity (Wildman–Crippen MR) is 108 cm³/mol. The Hall–Kier alpha value is -1.61. The Bertz CT molecular complexity index is 1000. The Kier molecular flexibility index (Phi) is 6.34. The number of carbonyl (C=O) groups excluding carboxylic acids is 1. The fourth-order valence-electron chi connectivity index (χ4n) is 2.82. The molecule has 1 amide bonds. The molecule has 1 heterocycles. The van der Waals surface area contributed by atoms with Crippen molar-refractivity contribution >= 4 is 39.1 Å². The molecule has 1 aromatic heterocycles. The van der Waals surface area contributed by atoms with E-state index in [4.69, 9.17) is 23.2 Å². The molecular formula is C18H22Cl2N4O3S. The molecule has 1 aliphatic rings. The van der Waals surface area contributed by atoms with Gasteiger partial charge in [0, 0.05) is 24.8 Å². The van der Waals surface area contributed by atoms with Crippen LogP contribution in [-0.2, 0) is 16.6 Å². The fourth-order valence-corrected chi connectivity index (χ4v) is 4.98. The van der Waals surface area contributed by atoms with Gasteiger partial charge >= 0.3 is 0 Å². The third-order valence-corrected chi connectivity index (χ3v) is 6.69. The summed E-state index contributed by atoms with van der Waals surface area (Å²) < 4.78 is 29.4. The van der Waals surface area contributed by atoms with Crippen molar-refractivity contribution in [3.05, 3.63) is 45.2 Å². The van der Waals surface area contributed by atoms with Gasteiger partial charge in [0.1, 0.15) is 4.90 Å². The molecule has 3 rings (SSSR count). The summed E-state index contributed by atoms with van der Waals surface area (Å²) in [6, 6.07) is 4.44. The zero-order valence-corrected chi connectivity index (χ0v) is 18.0. The number of aryl methyl sites for hydroxylation is 3. The Morgan fingerprint density at radius 1 is 1.21 bits per heavy atom. The normalized spacial score (nSPS) is 14.3. The second-order valence-corrected chi connectivity index (χ2v) is 9.41. The van der Waals surface area contributed by atoms with E-state index in [1.165, 1.54) is 12.1 Å². The van der Waals surface area contributed by atoms with Crippen LogP contribution in [0.4, 0.5) is 0 Å². The first-order chi connectivity index (χ1) is 13.2. The van der Waals surface area contributed by atoms with E-state index in [2.05, 4.69) is 15.1 Å². The lowest BCUT2D eigenvalue weighted by Crippen LogP contribution is -2.28. The first kappa shape index (κ1) is 21.1. The zero-order valence-electron chi connectivity index (χ0n) is 15.6. The summed E-state index contributed by atoms with van der Waals surface area (Å²) in [4.78, 5) is 12.4. The molecule has 1 aromatic carbocycles. The zero-order chi connectivity index (χ0) is 20.5. The fraction of sp³-hybridized carbons (Fsp3) is 0.444. The smallest absolute Gasteiger partial charge is 0.252 e. The highest BCUT2D eigenvalue weighted by molar-refractivity contribution is 7.89. The number of halogens is 2. The largest absolute Gasteiger partial charge is 0.352 e. The molecule has 0 unspecified atom stereocenters. The molecule has 10 heteroatoms. The molecule has 2 N–H and O–H groups in total. The highest BCUT2D eigenvalue weighted by Crippen LogP contribution is 2.30. The Balaban J connectivity index is 1.65. The molecule has 0 aliphatic heterocycles. The molecule has 0 bridgehead atoms. The van der Waals surface area contributed by atoms with Crippen LogP contribution in [0.2, 0.25) is 10.0 Å². The molecule has 0 radical (unpaired) electrons. The number of hydrogen-bond acceptors (Lipinski definition) is 4. The first-order valence-electron chi connectivity index (χ1n) is 8.98. The van der Waals surface area contributed by atoms with Crippen molar-refractivity contribution in [2.24, 2.45) is 0 Å². The second kappa shape index (κ2) is 8.41. The Morgan fingerprint density at radius 3 is 2.54 bits per heavy atom. The van der Waals surface area contributed by atoms with Crippen molar-refractivity contribution in [3.8, 4) is 0 Å². The van der Waals surface area contributed by atoms with Gasteiger partial charge < -0.3 is 5.32 Å². The molecule has 1 fully saturated rings. The van der Waals surface area contributed by atoms with E-state index in [0.29, 0.717) is 19.5 Å². The van der Waals surface area contributed by atoms with Gasteiger partial charge in [0.05, 0.1) is 21.3 Å². The van der Waals surface area contributed by atoms with Crippen LogP contribution >= 0.6 is 23.2 Å². The Morgan fingerprint density at radius 2 is 1.93 bits per heavy atom. The van der Waals surface area contributed by atoms with Crippen LogP contribution < -0.4 is 10.0 Å². The number of nitrogens with zero attached hydrogens (tertiary/aromatic N) is 2. The third-order valence-electron chi connectivity index (χ3n) is 4.39. The van der Waals surface area contributed by atoms with Crippen LogP contribution in [0.5, 0.6) is 0 Å². The molecule has 0 spiro atoms. The van der Waals surface area contributed by atoms with E-state index in [1.54, 1.807) is 0 Å². The minimum atomic E-state index is -3.80. The topological polar surface area (TPSA) is 93.1 Å². The van der Waals surface area contributed by atoms with E-state index in [1.807, 2.05) is 24.6 Å². The van der Waals surface area contributed by atoms with E-state index in [9.17, 15) is 13.2 Å². The summed E-state index contributed by atoms with van der Waals surface area (Å²) in [5, 5.41) is 7.22. The molecular weight excluding hydrogens is 423 g/mol. The summed E-state index contributed by atoms with van der Waals surface area (Å²) in [6.45, 7) is 4.97. The number of sulfonamides is 1. The number of rotatable bonds is 8. The average Bonchev–Trinajstić information content (AvgIpc) is 3.33. The maximum Gasteiger partial charge on any atom is 0.252 e. The molecule has 0 saturated heterocycles. The predicted octanol–water partition coefficient (Wildman–Crippen LogP) is 3.07. The molecule has 152 valence electrons. The summed E-state index contributed by atoms with van der Waals surface area (Å²) in [5.74, 6) is -0.446. The molecule has 1 aliphatic carbocycles. The van der Waals surface area contributed by atoms with Crippen LogP contribution in [0.3, 0.4) is 0 Å². The number of hydrogen-bond donors (Lipinski definition) is 2. The van der Waals surface area contributed by atoms with Crippen LogP contribution in [0.25, 0.3) is 0 Å². The highest BCUT2D eigenvalue weighted by atomic mass is 35.5. The van der Waals surface area contributed by atoms with E-state index in [-0.39, 0.29) is 26.5 Å². The second-order valence-electron chi connectivity index (χ2n) is 6.92. The molecule has 28 heavy (non-hydrogen) atoms. The van der Waals surface area contributed by atoms with Crippen LogP contribution in [0.15, 0.2) is 23.1 Å². The van der Waals surface area contributed by atoms with Crippen LogP contribution in [-0.4, -0.2) is 36.7 Å². The molecule has 0 atom stereocenters. The van der Waals surface area contributed by atoms with Gasteiger partial charge in [-0.3, -0.25) is 9.48 Å². The van der Waals surface area contributed by atoms with Crippen molar-refractivity contribution < 1.29 is 13.2 Å². The van der Waals surface area contributed by atoms with Gasteiger partial charge in [-0.25, -0.2) is 13.1 Å². The maximum absolute atomic E-state index is 12.5. The number of amides is 1. The summed E-state index contributed by atoms with van der Waals surface area (Å²) in [5.41, 5.74) is 2.08. The number of carbonyl (C=O) groups is 1. The van der Waals surface area contributed by atoms with Crippen molar-refractivity contribution in [2.45, 2.75) is 50.6 Å². The number of benzene rings is 1. The quantitative estimate of drug-likeness (QED) is 0.611. The van der Waals surface area contributed by atoms with Crippen LogP contribution in [0.1, 0.15) is 41.0 Å². The SMILES string of the molecule is Cc1cc(C)n(CCCNC(=O)c2cc(S(=O)(=O)NC3CC3)c(Cl)cc2Cl)n1. The van der Waals surface area contributed by atoms with Gasteiger partial charge in [-0.05, 0) is 51.3 Å². The Labute approximate surface area is 174 Å². The van der Waals surface area contributed by atoms with Crippen molar-refractivity contribution in [2.75, 3.05) is 6.54 Å². The number of nitrogens with one attached hydrogen (secondary N) is 2. The molecule has 7 nitrogen and oxygen atoms in total. The third kappa shape index (κ3) is 5.05. The van der Waals surface area contributed by atoms with Gasteiger partial charge in [-0.1, -0.05) is 23.2 Å². The summed E-state index contributed by atoms with van der Waals surface area (Å²) in [7, 11) is -3.80. The molecule has 2 aromatic rings. The van der Waals surface area contributed by atoms with E-state index in [0.717, 1.165) is 24.2 Å². The van der Waals surface area contributed by atoms with Crippen molar-refractivity contribution in [1.29, 1.82) is 0 Å². The minimum Gasteiger partial charge on any atom is -0.352 e. The first-order valence-corrected chi connectivity index (χ1v) is 11.2. The summed E-state index contributed by atoms with van der Waals surface area (Å²) in [6.07, 6.45) is 2.27. The molecule has 1 saturated carbocycles. The maximum atomic E-state index is 12.5. The van der Waals surface area contributed by atoms with E-state index < -0.39 is 15.9 Å². The van der Waals surface area contributed by atoms with Crippen molar-refractivity contribution in [3.63, 3.8) is 0 Å². The lowest BCUT2D eigenvalue weighted by molar-refractivity contribution is 0.0952. The number of aromatic nitrogens is 2. The average molecular weight is 445 g/mol. The van der Waals surface area contributed by atoms with Gasteiger partial charge in [0.2, 0.25) is 10.0 Å². The van der Waals surface area contributed by atoms with Gasteiger partial charge in [0.25, 0.3) is 5.91 Å². The van der Waals surface area contributed by atoms with Crippen LogP contribution in [0, 0.1) is 13.8 Å². The van der Waals surface area contributed by atoms with Gasteiger partial charge in [-0.2, -0.15) is 5.10 Å². The lowest BCUT2D eigenvalue weighted by atomic mass is 10.2.